The van der Waals surface area contributed by atoms with Crippen molar-refractivity contribution in [3.63, 3.8) is 0 Å². The van der Waals surface area contributed by atoms with Gasteiger partial charge in [0.2, 0.25) is 0 Å². The minimum absolute atomic E-state index is 0.0370. The van der Waals surface area contributed by atoms with Crippen LogP contribution in [-0.2, 0) is 4.74 Å². The summed E-state index contributed by atoms with van der Waals surface area (Å²) in [6, 6.07) is 10.3. The molecule has 103 valence electrons. The molecule has 1 radical (unpaired) electrons. The van der Waals surface area contributed by atoms with E-state index in [0.717, 1.165) is 12.2 Å². The van der Waals surface area contributed by atoms with Gasteiger partial charge in [0.1, 0.15) is 17.5 Å². The van der Waals surface area contributed by atoms with Crippen molar-refractivity contribution in [2.75, 3.05) is 13.1 Å². The molecule has 0 aliphatic carbocycles. The molecule has 1 atom stereocenters. The Balaban J connectivity index is 1.85. The van der Waals surface area contributed by atoms with E-state index in [4.69, 9.17) is 9.47 Å². The van der Waals surface area contributed by atoms with Crippen molar-refractivity contribution in [2.45, 2.75) is 38.9 Å². The van der Waals surface area contributed by atoms with Gasteiger partial charge in [-0.05, 0) is 39.0 Å². The van der Waals surface area contributed by atoms with Crippen LogP contribution in [0.1, 0.15) is 27.2 Å². The lowest BCUT2D eigenvalue weighted by atomic mass is 10.2. The molecule has 0 aromatic heterocycles. The number of ether oxygens (including phenoxy) is 2. The molecule has 0 spiro atoms. The summed E-state index contributed by atoms with van der Waals surface area (Å²) in [6.07, 6.45) is 0.604. The second-order valence-electron chi connectivity index (χ2n) is 5.69. The normalized spacial score (nSPS) is 19.3. The molecule has 0 unspecified atom stereocenters. The Kier molecular flexibility index (Phi) is 3.98. The van der Waals surface area contributed by atoms with E-state index in [1.165, 1.54) is 0 Å². The quantitative estimate of drug-likeness (QED) is 0.822. The second kappa shape index (κ2) is 5.51. The molecule has 2 rings (SSSR count). The average molecular weight is 262 g/mol. The zero-order valence-corrected chi connectivity index (χ0v) is 11.7. The number of carbonyl (C=O) groups excluding carboxylic acids is 1. The van der Waals surface area contributed by atoms with E-state index < -0.39 is 5.60 Å². The zero-order valence-electron chi connectivity index (χ0n) is 11.7. The topological polar surface area (TPSA) is 38.8 Å². The Morgan fingerprint density at radius 3 is 2.68 bits per heavy atom. The fraction of sp³-hybridized carbons (Fsp3) is 0.533. The maximum Gasteiger partial charge on any atom is 0.410 e. The summed E-state index contributed by atoms with van der Waals surface area (Å²) in [5, 5.41) is 0. The number of hydrogen-bond acceptors (Lipinski definition) is 3. The third-order valence-electron chi connectivity index (χ3n) is 2.79. The van der Waals surface area contributed by atoms with Gasteiger partial charge >= 0.3 is 6.09 Å². The van der Waals surface area contributed by atoms with E-state index in [-0.39, 0.29) is 12.2 Å². The minimum atomic E-state index is -0.453. The van der Waals surface area contributed by atoms with Crippen LogP contribution in [0.2, 0.25) is 0 Å². The highest BCUT2D eigenvalue weighted by atomic mass is 16.6. The molecule has 1 amide bonds. The van der Waals surface area contributed by atoms with Crippen molar-refractivity contribution in [2.24, 2.45) is 0 Å². The van der Waals surface area contributed by atoms with Gasteiger partial charge in [0.05, 0.1) is 6.54 Å². The van der Waals surface area contributed by atoms with E-state index >= 15 is 0 Å². The van der Waals surface area contributed by atoms with Crippen LogP contribution in [0.4, 0.5) is 4.79 Å². The highest BCUT2D eigenvalue weighted by Crippen LogP contribution is 2.19. The second-order valence-corrected chi connectivity index (χ2v) is 5.69. The summed E-state index contributed by atoms with van der Waals surface area (Å²) in [6.45, 7) is 6.87. The Morgan fingerprint density at radius 1 is 1.37 bits per heavy atom. The molecule has 4 nitrogen and oxygen atoms in total. The van der Waals surface area contributed by atoms with Crippen LogP contribution in [0, 0.1) is 6.07 Å². The first kappa shape index (κ1) is 13.7. The molecular weight excluding hydrogens is 242 g/mol. The van der Waals surface area contributed by atoms with Gasteiger partial charge < -0.3 is 14.4 Å². The molecule has 1 aliphatic heterocycles. The zero-order chi connectivity index (χ0) is 13.9. The molecular formula is C15H20NO3. The summed E-state index contributed by atoms with van der Waals surface area (Å²) < 4.78 is 11.2. The Hall–Kier alpha value is -1.71. The largest absolute Gasteiger partial charge is 0.489 e. The molecule has 1 aliphatic rings. The van der Waals surface area contributed by atoms with Crippen molar-refractivity contribution < 1.29 is 14.3 Å². The first-order valence-electron chi connectivity index (χ1n) is 6.55. The van der Waals surface area contributed by atoms with E-state index in [0.29, 0.717) is 13.1 Å². The summed E-state index contributed by atoms with van der Waals surface area (Å²) in [5.41, 5.74) is -0.453. The summed E-state index contributed by atoms with van der Waals surface area (Å²) in [5.74, 6) is 0.815. The SMILES string of the molecule is CC(C)(C)OC(=O)N1CC[C@@H](Oc2cc[c]cc2)C1. The first-order chi connectivity index (χ1) is 8.94. The summed E-state index contributed by atoms with van der Waals surface area (Å²) in [7, 11) is 0. The van der Waals surface area contributed by atoms with Crippen LogP contribution < -0.4 is 4.74 Å². The third-order valence-corrected chi connectivity index (χ3v) is 2.79. The predicted molar refractivity (Wildman–Crippen MR) is 72.1 cm³/mol. The van der Waals surface area contributed by atoms with Crippen molar-refractivity contribution in [3.8, 4) is 5.75 Å². The lowest BCUT2D eigenvalue weighted by Gasteiger charge is -2.24. The van der Waals surface area contributed by atoms with Gasteiger partial charge in [-0.25, -0.2) is 4.79 Å². The fourth-order valence-electron chi connectivity index (χ4n) is 1.96. The monoisotopic (exact) mass is 262 g/mol. The van der Waals surface area contributed by atoms with Gasteiger partial charge in [0, 0.05) is 13.0 Å². The molecule has 0 bridgehead atoms. The number of likely N-dealkylation sites (tertiary alicyclic amines) is 1. The van der Waals surface area contributed by atoms with Gasteiger partial charge in [-0.2, -0.15) is 0 Å². The van der Waals surface area contributed by atoms with Crippen LogP contribution in [-0.4, -0.2) is 35.8 Å². The molecule has 1 aromatic rings. The maximum absolute atomic E-state index is 11.9. The van der Waals surface area contributed by atoms with Crippen LogP contribution in [0.3, 0.4) is 0 Å². The number of rotatable bonds is 2. The smallest absolute Gasteiger partial charge is 0.410 e. The van der Waals surface area contributed by atoms with E-state index in [9.17, 15) is 4.79 Å². The third kappa shape index (κ3) is 4.16. The van der Waals surface area contributed by atoms with E-state index in [2.05, 4.69) is 6.07 Å². The Morgan fingerprint density at radius 2 is 2.05 bits per heavy atom. The first-order valence-corrected chi connectivity index (χ1v) is 6.55. The molecule has 0 N–H and O–H groups in total. The van der Waals surface area contributed by atoms with Crippen LogP contribution in [0.5, 0.6) is 5.75 Å². The molecule has 0 saturated carbocycles. The van der Waals surface area contributed by atoms with Gasteiger partial charge in [0.25, 0.3) is 0 Å². The van der Waals surface area contributed by atoms with E-state index in [1.54, 1.807) is 4.90 Å². The highest BCUT2D eigenvalue weighted by molar-refractivity contribution is 5.68. The molecule has 1 heterocycles. The maximum atomic E-state index is 11.9. The lowest BCUT2D eigenvalue weighted by Crippen LogP contribution is -2.36. The van der Waals surface area contributed by atoms with Gasteiger partial charge in [0.15, 0.2) is 0 Å². The lowest BCUT2D eigenvalue weighted by molar-refractivity contribution is 0.0275. The van der Waals surface area contributed by atoms with Crippen LogP contribution >= 0.6 is 0 Å². The number of benzene rings is 1. The van der Waals surface area contributed by atoms with Gasteiger partial charge in [-0.1, -0.05) is 12.1 Å². The highest BCUT2D eigenvalue weighted by Gasteiger charge is 2.30. The van der Waals surface area contributed by atoms with Gasteiger partial charge in [-0.3, -0.25) is 0 Å². The number of amides is 1. The molecule has 4 heteroatoms. The number of nitrogens with zero attached hydrogens (tertiary/aromatic N) is 1. The van der Waals surface area contributed by atoms with Crippen molar-refractivity contribution in [1.82, 2.24) is 4.90 Å². The fourth-order valence-corrected chi connectivity index (χ4v) is 1.96. The van der Waals surface area contributed by atoms with Gasteiger partial charge in [-0.15, -0.1) is 0 Å². The Labute approximate surface area is 114 Å². The van der Waals surface area contributed by atoms with Crippen molar-refractivity contribution in [3.05, 3.63) is 30.3 Å². The molecule has 19 heavy (non-hydrogen) atoms. The van der Waals surface area contributed by atoms with Crippen LogP contribution in [0.15, 0.2) is 24.3 Å². The predicted octanol–water partition coefficient (Wildman–Crippen LogP) is 2.87. The summed E-state index contributed by atoms with van der Waals surface area (Å²) in [4.78, 5) is 13.6. The van der Waals surface area contributed by atoms with Crippen LogP contribution in [0.25, 0.3) is 0 Å². The summed E-state index contributed by atoms with van der Waals surface area (Å²) >= 11 is 0. The molecule has 1 fully saturated rings. The molecule has 1 aromatic carbocycles. The number of carbonyl (C=O) groups is 1. The van der Waals surface area contributed by atoms with Crippen molar-refractivity contribution in [1.29, 1.82) is 0 Å². The number of hydrogen-bond donors (Lipinski definition) is 0. The Bertz CT molecular complexity index is 425. The van der Waals surface area contributed by atoms with Crippen molar-refractivity contribution >= 4 is 6.09 Å². The minimum Gasteiger partial charge on any atom is -0.489 e. The standard InChI is InChI=1S/C15H20NO3/c1-15(2,3)19-14(17)16-10-9-13(11-16)18-12-7-5-4-6-8-12/h5-8,13H,9-11H2,1-3H3/t13-/m1/s1. The molecule has 1 saturated heterocycles. The average Bonchev–Trinajstić information content (AvgIpc) is 2.77. The van der Waals surface area contributed by atoms with E-state index in [1.807, 2.05) is 45.0 Å².